The summed E-state index contributed by atoms with van der Waals surface area (Å²) in [6.07, 6.45) is 0.701. The van der Waals surface area contributed by atoms with Gasteiger partial charge in [0, 0.05) is 18.5 Å². The summed E-state index contributed by atoms with van der Waals surface area (Å²) in [7, 11) is 0. The van der Waals surface area contributed by atoms with Crippen LogP contribution in [0.5, 0.6) is 0 Å². The van der Waals surface area contributed by atoms with E-state index in [9.17, 15) is 4.79 Å². The molecule has 1 aromatic rings. The molecule has 0 heterocycles. The monoisotopic (exact) mass is 219 g/mol. The van der Waals surface area contributed by atoms with Crippen molar-refractivity contribution < 1.29 is 9.53 Å². The van der Waals surface area contributed by atoms with E-state index in [4.69, 9.17) is 10.5 Å². The standard InChI is InChI=1S/C13H17NO2/c1-10(2)13(15)16-7-6-11-4-3-5-12(8-11)9-14/h3-5,8H,1,6-7,9,14H2,2H3. The van der Waals surface area contributed by atoms with Crippen LogP contribution in [-0.4, -0.2) is 12.6 Å². The molecule has 1 aromatic carbocycles. The number of esters is 1. The zero-order valence-electron chi connectivity index (χ0n) is 9.53. The van der Waals surface area contributed by atoms with Crippen molar-refractivity contribution in [2.75, 3.05) is 6.61 Å². The summed E-state index contributed by atoms with van der Waals surface area (Å²) < 4.78 is 5.01. The molecule has 0 aliphatic carbocycles. The van der Waals surface area contributed by atoms with Gasteiger partial charge in [-0.1, -0.05) is 30.8 Å². The molecule has 0 saturated carbocycles. The molecule has 0 aromatic heterocycles. The maximum atomic E-state index is 11.1. The summed E-state index contributed by atoms with van der Waals surface area (Å²) in [5.74, 6) is -0.338. The van der Waals surface area contributed by atoms with Gasteiger partial charge < -0.3 is 10.5 Å². The molecule has 0 radical (unpaired) electrons. The van der Waals surface area contributed by atoms with Crippen LogP contribution in [0.4, 0.5) is 0 Å². The number of ether oxygens (including phenoxy) is 1. The Kier molecular flexibility index (Phi) is 4.73. The predicted octanol–water partition coefficient (Wildman–Crippen LogP) is 1.81. The molecule has 1 rings (SSSR count). The van der Waals surface area contributed by atoms with Crippen molar-refractivity contribution in [1.29, 1.82) is 0 Å². The van der Waals surface area contributed by atoms with Crippen molar-refractivity contribution in [2.24, 2.45) is 5.73 Å². The van der Waals surface area contributed by atoms with Gasteiger partial charge in [-0.15, -0.1) is 0 Å². The average molecular weight is 219 g/mol. The zero-order valence-corrected chi connectivity index (χ0v) is 9.53. The minimum atomic E-state index is -0.338. The first kappa shape index (κ1) is 12.5. The van der Waals surface area contributed by atoms with Gasteiger partial charge in [0.2, 0.25) is 0 Å². The lowest BCUT2D eigenvalue weighted by molar-refractivity contribution is -0.138. The molecular formula is C13H17NO2. The first-order chi connectivity index (χ1) is 7.63. The summed E-state index contributed by atoms with van der Waals surface area (Å²) in [5.41, 5.74) is 8.17. The van der Waals surface area contributed by atoms with E-state index in [2.05, 4.69) is 6.58 Å². The van der Waals surface area contributed by atoms with Crippen molar-refractivity contribution in [2.45, 2.75) is 19.9 Å². The molecule has 16 heavy (non-hydrogen) atoms. The van der Waals surface area contributed by atoms with Crippen molar-refractivity contribution >= 4 is 5.97 Å². The molecule has 0 spiro atoms. The van der Waals surface area contributed by atoms with Crippen molar-refractivity contribution in [1.82, 2.24) is 0 Å². The SMILES string of the molecule is C=C(C)C(=O)OCCc1cccc(CN)c1. The molecule has 2 N–H and O–H groups in total. The molecule has 0 fully saturated rings. The molecule has 86 valence electrons. The lowest BCUT2D eigenvalue weighted by atomic mass is 10.1. The Morgan fingerprint density at radius 3 is 2.75 bits per heavy atom. The van der Waals surface area contributed by atoms with Crippen LogP contribution in [0.1, 0.15) is 18.1 Å². The second-order valence-electron chi connectivity index (χ2n) is 3.69. The van der Waals surface area contributed by atoms with Crippen molar-refractivity contribution in [3.8, 4) is 0 Å². The Balaban J connectivity index is 2.42. The Labute approximate surface area is 95.9 Å². The highest BCUT2D eigenvalue weighted by Crippen LogP contribution is 2.06. The number of hydrogen-bond donors (Lipinski definition) is 1. The van der Waals surface area contributed by atoms with E-state index in [0.717, 1.165) is 11.1 Å². The van der Waals surface area contributed by atoms with E-state index < -0.39 is 0 Å². The minimum absolute atomic E-state index is 0.338. The number of nitrogens with two attached hydrogens (primary N) is 1. The smallest absolute Gasteiger partial charge is 0.333 e. The fraction of sp³-hybridized carbons (Fsp3) is 0.308. The van der Waals surface area contributed by atoms with Gasteiger partial charge in [0.25, 0.3) is 0 Å². The van der Waals surface area contributed by atoms with Crippen LogP contribution in [0.25, 0.3) is 0 Å². The van der Waals surface area contributed by atoms with E-state index in [1.54, 1.807) is 6.92 Å². The normalized spacial score (nSPS) is 9.88. The molecule has 0 aliphatic rings. The fourth-order valence-electron chi connectivity index (χ4n) is 1.30. The fourth-order valence-corrected chi connectivity index (χ4v) is 1.30. The maximum absolute atomic E-state index is 11.1. The molecule has 0 saturated heterocycles. The van der Waals surface area contributed by atoms with Crippen LogP contribution in [0, 0.1) is 0 Å². The predicted molar refractivity (Wildman–Crippen MR) is 63.8 cm³/mol. The molecule has 0 amide bonds. The molecule has 0 bridgehead atoms. The van der Waals surface area contributed by atoms with Gasteiger partial charge in [0.15, 0.2) is 0 Å². The lowest BCUT2D eigenvalue weighted by Crippen LogP contribution is -2.08. The number of carbonyl (C=O) groups excluding carboxylic acids is 1. The van der Waals surface area contributed by atoms with E-state index in [-0.39, 0.29) is 5.97 Å². The van der Waals surface area contributed by atoms with Crippen LogP contribution in [0.3, 0.4) is 0 Å². The topological polar surface area (TPSA) is 52.3 Å². The lowest BCUT2D eigenvalue weighted by Gasteiger charge is -2.05. The molecule has 0 atom stereocenters. The van der Waals surface area contributed by atoms with Gasteiger partial charge in [0.05, 0.1) is 6.61 Å². The van der Waals surface area contributed by atoms with Crippen LogP contribution in [0.15, 0.2) is 36.4 Å². The summed E-state index contributed by atoms with van der Waals surface area (Å²) >= 11 is 0. The maximum Gasteiger partial charge on any atom is 0.333 e. The van der Waals surface area contributed by atoms with Crippen molar-refractivity contribution in [3.63, 3.8) is 0 Å². The number of benzene rings is 1. The van der Waals surface area contributed by atoms with Gasteiger partial charge in [-0.3, -0.25) is 0 Å². The van der Waals surface area contributed by atoms with Crippen LogP contribution >= 0.6 is 0 Å². The van der Waals surface area contributed by atoms with Gasteiger partial charge >= 0.3 is 5.97 Å². The van der Waals surface area contributed by atoms with Crippen LogP contribution in [0.2, 0.25) is 0 Å². The summed E-state index contributed by atoms with van der Waals surface area (Å²) in [6.45, 7) is 6.06. The third-order valence-electron chi connectivity index (χ3n) is 2.20. The van der Waals surface area contributed by atoms with E-state index in [1.165, 1.54) is 0 Å². The Morgan fingerprint density at radius 1 is 1.44 bits per heavy atom. The third-order valence-corrected chi connectivity index (χ3v) is 2.20. The highest BCUT2D eigenvalue weighted by atomic mass is 16.5. The molecule has 3 nitrogen and oxygen atoms in total. The van der Waals surface area contributed by atoms with Gasteiger partial charge in [0.1, 0.15) is 0 Å². The highest BCUT2D eigenvalue weighted by molar-refractivity contribution is 5.86. The van der Waals surface area contributed by atoms with E-state index >= 15 is 0 Å². The summed E-state index contributed by atoms with van der Waals surface area (Å²) in [4.78, 5) is 11.1. The van der Waals surface area contributed by atoms with Crippen LogP contribution < -0.4 is 5.73 Å². The van der Waals surface area contributed by atoms with Gasteiger partial charge in [-0.2, -0.15) is 0 Å². The van der Waals surface area contributed by atoms with Gasteiger partial charge in [-0.25, -0.2) is 4.79 Å². The Bertz CT molecular complexity index is 385. The first-order valence-corrected chi connectivity index (χ1v) is 5.24. The summed E-state index contributed by atoms with van der Waals surface area (Å²) in [6, 6.07) is 7.95. The molecule has 3 heteroatoms. The van der Waals surface area contributed by atoms with Crippen LogP contribution in [-0.2, 0) is 22.5 Å². The number of hydrogen-bond acceptors (Lipinski definition) is 3. The largest absolute Gasteiger partial charge is 0.462 e. The minimum Gasteiger partial charge on any atom is -0.462 e. The van der Waals surface area contributed by atoms with Gasteiger partial charge in [-0.05, 0) is 18.1 Å². The highest BCUT2D eigenvalue weighted by Gasteiger charge is 2.02. The first-order valence-electron chi connectivity index (χ1n) is 5.24. The van der Waals surface area contributed by atoms with E-state index in [0.29, 0.717) is 25.1 Å². The zero-order chi connectivity index (χ0) is 12.0. The molecule has 0 unspecified atom stereocenters. The molecular weight excluding hydrogens is 202 g/mol. The second kappa shape index (κ2) is 6.08. The number of carbonyl (C=O) groups is 1. The third kappa shape index (κ3) is 3.87. The number of rotatable bonds is 5. The second-order valence-corrected chi connectivity index (χ2v) is 3.69. The Hall–Kier alpha value is -1.61. The molecule has 0 aliphatic heterocycles. The van der Waals surface area contributed by atoms with Crippen molar-refractivity contribution in [3.05, 3.63) is 47.5 Å². The summed E-state index contributed by atoms with van der Waals surface area (Å²) in [5, 5.41) is 0. The van der Waals surface area contributed by atoms with E-state index in [1.807, 2.05) is 24.3 Å². The Morgan fingerprint density at radius 2 is 2.12 bits per heavy atom. The average Bonchev–Trinajstić information content (AvgIpc) is 2.29. The quantitative estimate of drug-likeness (QED) is 0.607.